The zero-order chi connectivity index (χ0) is 22.4. The molecular weight excluding hydrogens is 514 g/mol. The molecule has 0 unspecified atom stereocenters. The van der Waals surface area contributed by atoms with Crippen LogP contribution >= 0.6 is 0 Å². The number of aromatic nitrogens is 2. The van der Waals surface area contributed by atoms with Gasteiger partial charge in [0.1, 0.15) is 0 Å². The molecule has 0 saturated carbocycles. The van der Waals surface area contributed by atoms with Crippen molar-refractivity contribution in [1.82, 2.24) is 15.3 Å². The Kier molecular flexibility index (Phi) is 7.93. The van der Waals surface area contributed by atoms with E-state index in [4.69, 9.17) is 4.74 Å². The Bertz CT molecular complexity index is 1040. The van der Waals surface area contributed by atoms with E-state index in [0.29, 0.717) is 23.5 Å². The van der Waals surface area contributed by atoms with Crippen LogP contribution in [0.25, 0.3) is 11.1 Å². The van der Waals surface area contributed by atoms with Crippen molar-refractivity contribution in [1.29, 1.82) is 0 Å². The summed E-state index contributed by atoms with van der Waals surface area (Å²) >= 11 is 4.88. The number of ether oxygens (including phenoxy) is 1. The minimum absolute atomic E-state index is 0.237. The summed E-state index contributed by atoms with van der Waals surface area (Å²) in [6, 6.07) is 17.5. The molecule has 0 saturated heterocycles. The molecule has 0 atom stereocenters. The zero-order valence-corrected chi connectivity index (χ0v) is 21.5. The van der Waals surface area contributed by atoms with E-state index < -0.39 is 0 Å². The SMILES string of the molecule is CC(C)(C)NC(=O)Nc1ccc(-c2c([As])nc([As])nc2COCc2ccccc2)cc1. The number of benzene rings is 2. The van der Waals surface area contributed by atoms with Crippen LogP contribution in [-0.2, 0) is 18.0 Å². The topological polar surface area (TPSA) is 76.1 Å². The first-order chi connectivity index (χ1) is 14.7. The van der Waals surface area contributed by atoms with Crippen LogP contribution in [0.5, 0.6) is 0 Å². The van der Waals surface area contributed by atoms with Crippen LogP contribution in [0.15, 0.2) is 54.6 Å². The van der Waals surface area contributed by atoms with Crippen LogP contribution in [0.3, 0.4) is 0 Å². The summed E-state index contributed by atoms with van der Waals surface area (Å²) in [6.07, 6.45) is 0. The molecule has 6 nitrogen and oxygen atoms in total. The van der Waals surface area contributed by atoms with Crippen molar-refractivity contribution in [2.75, 3.05) is 5.32 Å². The fourth-order valence-electron chi connectivity index (χ4n) is 2.94. The van der Waals surface area contributed by atoms with E-state index in [2.05, 4.69) is 54.3 Å². The second kappa shape index (κ2) is 10.5. The third kappa shape index (κ3) is 7.21. The number of hydrogen-bond acceptors (Lipinski definition) is 4. The van der Waals surface area contributed by atoms with Crippen molar-refractivity contribution < 1.29 is 9.53 Å². The van der Waals surface area contributed by atoms with Crippen molar-refractivity contribution in [2.24, 2.45) is 0 Å². The first-order valence-electron chi connectivity index (χ1n) is 9.81. The molecule has 0 spiro atoms. The van der Waals surface area contributed by atoms with Gasteiger partial charge < -0.3 is 0 Å². The van der Waals surface area contributed by atoms with Crippen LogP contribution in [0.4, 0.5) is 10.5 Å². The molecule has 3 rings (SSSR count). The summed E-state index contributed by atoms with van der Waals surface area (Å²) in [5.41, 5.74) is 4.23. The summed E-state index contributed by atoms with van der Waals surface area (Å²) in [4.78, 5) is 21.2. The summed E-state index contributed by atoms with van der Waals surface area (Å²) in [5, 5.41) is 5.74. The van der Waals surface area contributed by atoms with Gasteiger partial charge >= 0.3 is 201 Å². The molecule has 158 valence electrons. The molecule has 1 heterocycles. The van der Waals surface area contributed by atoms with E-state index in [0.717, 1.165) is 26.9 Å². The molecule has 0 bridgehead atoms. The van der Waals surface area contributed by atoms with Crippen molar-refractivity contribution in [3.05, 3.63) is 65.9 Å². The number of amides is 2. The molecule has 2 amide bonds. The van der Waals surface area contributed by atoms with E-state index in [-0.39, 0.29) is 11.6 Å². The van der Waals surface area contributed by atoms with E-state index in [9.17, 15) is 4.79 Å². The number of carbonyl (C=O) groups excluding carboxylic acids is 1. The molecule has 1 aromatic heterocycles. The van der Waals surface area contributed by atoms with Gasteiger partial charge in [0, 0.05) is 0 Å². The summed E-state index contributed by atoms with van der Waals surface area (Å²) < 4.78 is 7.39. The second-order valence-corrected chi connectivity index (χ2v) is 9.78. The number of nitrogens with zero attached hydrogens (tertiary/aromatic N) is 2. The molecule has 3 aromatic rings. The molecule has 0 aliphatic rings. The van der Waals surface area contributed by atoms with Crippen LogP contribution < -0.4 is 19.7 Å². The minimum atomic E-state index is -0.300. The zero-order valence-electron chi connectivity index (χ0n) is 17.7. The van der Waals surface area contributed by atoms with Gasteiger partial charge in [-0.25, -0.2) is 0 Å². The molecule has 8 heteroatoms. The van der Waals surface area contributed by atoms with Crippen LogP contribution in [0, 0.1) is 0 Å². The number of hydrogen-bond donors (Lipinski definition) is 2. The van der Waals surface area contributed by atoms with Gasteiger partial charge in [-0.1, -0.05) is 0 Å². The third-order valence-electron chi connectivity index (χ3n) is 4.22. The Morgan fingerprint density at radius 1 is 0.968 bits per heavy atom. The van der Waals surface area contributed by atoms with Gasteiger partial charge in [-0.3, -0.25) is 0 Å². The Labute approximate surface area is 200 Å². The average Bonchev–Trinajstić information content (AvgIpc) is 2.68. The molecule has 0 aliphatic heterocycles. The van der Waals surface area contributed by atoms with Crippen molar-refractivity contribution in [3.63, 3.8) is 0 Å². The molecule has 2 N–H and O–H groups in total. The van der Waals surface area contributed by atoms with Gasteiger partial charge in [0.15, 0.2) is 0 Å². The molecule has 0 fully saturated rings. The first-order valence-corrected chi connectivity index (χ1v) is 11.7. The Morgan fingerprint density at radius 2 is 1.65 bits per heavy atom. The number of rotatable bonds is 6. The van der Waals surface area contributed by atoms with Gasteiger partial charge in [0.2, 0.25) is 0 Å². The van der Waals surface area contributed by atoms with Crippen molar-refractivity contribution in [2.45, 2.75) is 39.5 Å². The van der Waals surface area contributed by atoms with E-state index in [1.807, 2.05) is 75.4 Å². The summed E-state index contributed by atoms with van der Waals surface area (Å²) in [7, 11) is 0. The van der Waals surface area contributed by atoms with Gasteiger partial charge in [-0.2, -0.15) is 0 Å². The maximum atomic E-state index is 12.1. The second-order valence-electron chi connectivity index (χ2n) is 8.05. The quantitative estimate of drug-likeness (QED) is 0.473. The van der Waals surface area contributed by atoms with Crippen LogP contribution in [0.2, 0.25) is 0 Å². The summed E-state index contributed by atoms with van der Waals surface area (Å²) in [6.45, 7) is 6.70. The maximum absolute atomic E-state index is 12.1. The Balaban J connectivity index is 1.76. The van der Waals surface area contributed by atoms with Crippen molar-refractivity contribution >= 4 is 54.5 Å². The molecule has 4 radical (unpaired) electrons. The third-order valence-corrected chi connectivity index (χ3v) is 5.32. The molecule has 0 aliphatic carbocycles. The predicted octanol–water partition coefficient (Wildman–Crippen LogP) is 2.37. The Morgan fingerprint density at radius 3 is 2.29 bits per heavy atom. The van der Waals surface area contributed by atoms with Crippen LogP contribution in [-0.4, -0.2) is 55.2 Å². The fourth-order valence-corrected chi connectivity index (χ4v) is 4.52. The van der Waals surface area contributed by atoms with Gasteiger partial charge in [-0.15, -0.1) is 0 Å². The Hall–Kier alpha value is -2.13. The molecule has 31 heavy (non-hydrogen) atoms. The van der Waals surface area contributed by atoms with Crippen molar-refractivity contribution in [3.8, 4) is 11.1 Å². The van der Waals surface area contributed by atoms with Gasteiger partial charge in [-0.05, 0) is 0 Å². The monoisotopic (exact) mass is 538 g/mol. The van der Waals surface area contributed by atoms with Crippen LogP contribution in [0.1, 0.15) is 32.0 Å². The molecular formula is C23H24As2N4O2. The normalized spacial score (nSPS) is 11.3. The first kappa shape index (κ1) is 23.5. The van der Waals surface area contributed by atoms with E-state index >= 15 is 0 Å². The average molecular weight is 538 g/mol. The summed E-state index contributed by atoms with van der Waals surface area (Å²) in [5.74, 6) is 0. The van der Waals surface area contributed by atoms with E-state index in [1.165, 1.54) is 0 Å². The number of carbonyl (C=O) groups is 1. The number of urea groups is 1. The van der Waals surface area contributed by atoms with Gasteiger partial charge in [0.25, 0.3) is 0 Å². The standard InChI is InChI=1S/C23H24As2N4O2/c1-23(2,3)29-22(30)26-17-11-9-16(10-12-17)19-18(27-21(25)28-20(19)24)14-31-13-15-7-5-4-6-8-15/h4-12H,13-14H2,1-3H3,(H2,26,29,30). The van der Waals surface area contributed by atoms with Gasteiger partial charge in [0.05, 0.1) is 0 Å². The number of anilines is 1. The number of nitrogens with one attached hydrogen (secondary N) is 2. The van der Waals surface area contributed by atoms with E-state index in [1.54, 1.807) is 0 Å². The predicted molar refractivity (Wildman–Crippen MR) is 125 cm³/mol. The fraction of sp³-hybridized carbons (Fsp3) is 0.261. The molecule has 2 aromatic carbocycles.